The highest BCUT2D eigenvalue weighted by molar-refractivity contribution is 5.59. The molecule has 3 N–H and O–H groups in total. The largest absolute Gasteiger partial charge is 0.494 e. The first-order chi connectivity index (χ1) is 8.06. The first-order valence-corrected chi connectivity index (χ1v) is 6.36. The second kappa shape index (κ2) is 6.38. The van der Waals surface area contributed by atoms with E-state index >= 15 is 0 Å². The van der Waals surface area contributed by atoms with E-state index in [1.165, 1.54) is 0 Å². The van der Waals surface area contributed by atoms with E-state index in [2.05, 4.69) is 26.1 Å². The van der Waals surface area contributed by atoms with Crippen LogP contribution < -0.4 is 15.8 Å². The lowest BCUT2D eigenvalue weighted by molar-refractivity contribution is 0.340. The lowest BCUT2D eigenvalue weighted by Crippen LogP contribution is -2.23. The van der Waals surface area contributed by atoms with Gasteiger partial charge in [0.25, 0.3) is 0 Å². The number of ether oxygens (including phenoxy) is 1. The summed E-state index contributed by atoms with van der Waals surface area (Å²) in [5.41, 5.74) is 7.61. The van der Waals surface area contributed by atoms with E-state index in [1.54, 1.807) is 0 Å². The van der Waals surface area contributed by atoms with E-state index in [-0.39, 0.29) is 0 Å². The zero-order chi connectivity index (χ0) is 12.8. The van der Waals surface area contributed by atoms with Gasteiger partial charge >= 0.3 is 0 Å². The average molecular weight is 236 g/mol. The third-order valence-corrected chi connectivity index (χ3v) is 3.13. The van der Waals surface area contributed by atoms with Gasteiger partial charge in [-0.25, -0.2) is 0 Å². The molecule has 0 aliphatic rings. The predicted octanol–water partition coefficient (Wildman–Crippen LogP) is 3.51. The molecule has 1 rings (SSSR count). The Hall–Kier alpha value is -1.38. The normalized spacial score (nSPS) is 14.1. The number of hydrogen-bond donors (Lipinski definition) is 2. The monoisotopic (exact) mass is 236 g/mol. The zero-order valence-electron chi connectivity index (χ0n) is 11.3. The Morgan fingerprint density at radius 3 is 2.53 bits per heavy atom. The van der Waals surface area contributed by atoms with Crippen LogP contribution in [0.15, 0.2) is 18.2 Å². The highest BCUT2D eigenvalue weighted by Gasteiger charge is 2.10. The molecule has 2 unspecified atom stereocenters. The molecule has 0 saturated heterocycles. The van der Waals surface area contributed by atoms with E-state index in [4.69, 9.17) is 10.5 Å². The summed E-state index contributed by atoms with van der Waals surface area (Å²) in [7, 11) is 0. The van der Waals surface area contributed by atoms with Crippen molar-refractivity contribution >= 4 is 11.4 Å². The van der Waals surface area contributed by atoms with Crippen molar-refractivity contribution in [3.8, 4) is 5.75 Å². The fourth-order valence-electron chi connectivity index (χ4n) is 1.71. The average Bonchev–Trinajstić information content (AvgIpc) is 2.27. The van der Waals surface area contributed by atoms with Gasteiger partial charge in [-0.15, -0.1) is 0 Å². The number of rotatable bonds is 6. The summed E-state index contributed by atoms with van der Waals surface area (Å²) in [5, 5.41) is 3.47. The van der Waals surface area contributed by atoms with Crippen LogP contribution in [-0.4, -0.2) is 12.6 Å². The van der Waals surface area contributed by atoms with Crippen LogP contribution in [0, 0.1) is 5.92 Å². The molecule has 0 aliphatic heterocycles. The van der Waals surface area contributed by atoms with Crippen LogP contribution in [0.5, 0.6) is 5.75 Å². The van der Waals surface area contributed by atoms with Crippen molar-refractivity contribution in [2.24, 2.45) is 5.92 Å². The van der Waals surface area contributed by atoms with E-state index in [9.17, 15) is 0 Å². The molecular weight excluding hydrogens is 212 g/mol. The minimum Gasteiger partial charge on any atom is -0.494 e. The van der Waals surface area contributed by atoms with Crippen molar-refractivity contribution in [3.05, 3.63) is 18.2 Å². The highest BCUT2D eigenvalue weighted by atomic mass is 16.5. The molecule has 0 aliphatic carbocycles. The number of anilines is 2. The summed E-state index contributed by atoms with van der Waals surface area (Å²) in [6.07, 6.45) is 1.16. The quantitative estimate of drug-likeness (QED) is 0.743. The lowest BCUT2D eigenvalue weighted by atomic mass is 10.0. The van der Waals surface area contributed by atoms with Gasteiger partial charge in [-0.1, -0.05) is 20.3 Å². The summed E-state index contributed by atoms with van der Waals surface area (Å²) >= 11 is 0. The van der Waals surface area contributed by atoms with Crippen molar-refractivity contribution in [1.82, 2.24) is 0 Å². The summed E-state index contributed by atoms with van der Waals surface area (Å²) in [6.45, 7) is 9.26. The van der Waals surface area contributed by atoms with E-state index in [1.807, 2.05) is 25.1 Å². The number of nitrogens with two attached hydrogens (primary N) is 1. The van der Waals surface area contributed by atoms with Crippen LogP contribution in [0.25, 0.3) is 0 Å². The van der Waals surface area contributed by atoms with Gasteiger partial charge < -0.3 is 15.8 Å². The van der Waals surface area contributed by atoms with Crippen LogP contribution in [0.2, 0.25) is 0 Å². The van der Waals surface area contributed by atoms with Gasteiger partial charge in [0.2, 0.25) is 0 Å². The fraction of sp³-hybridized carbons (Fsp3) is 0.571. The molecule has 0 bridgehead atoms. The molecule has 0 heterocycles. The summed E-state index contributed by atoms with van der Waals surface area (Å²) < 4.78 is 5.48. The zero-order valence-corrected chi connectivity index (χ0v) is 11.3. The molecule has 0 spiro atoms. The van der Waals surface area contributed by atoms with Crippen molar-refractivity contribution in [3.63, 3.8) is 0 Å². The predicted molar refractivity (Wildman–Crippen MR) is 74.6 cm³/mol. The van der Waals surface area contributed by atoms with Crippen LogP contribution in [-0.2, 0) is 0 Å². The Kier molecular flexibility index (Phi) is 5.13. The van der Waals surface area contributed by atoms with Gasteiger partial charge in [0.05, 0.1) is 6.61 Å². The van der Waals surface area contributed by atoms with Gasteiger partial charge in [-0.05, 0) is 25.8 Å². The van der Waals surface area contributed by atoms with Crippen molar-refractivity contribution < 1.29 is 4.74 Å². The molecule has 0 aromatic heterocycles. The second-order valence-electron chi connectivity index (χ2n) is 4.54. The van der Waals surface area contributed by atoms with Crippen molar-refractivity contribution in [1.29, 1.82) is 0 Å². The molecule has 3 heteroatoms. The maximum absolute atomic E-state index is 5.85. The third-order valence-electron chi connectivity index (χ3n) is 3.13. The minimum absolute atomic E-state index is 0.427. The van der Waals surface area contributed by atoms with Gasteiger partial charge in [0.1, 0.15) is 5.75 Å². The first-order valence-electron chi connectivity index (χ1n) is 6.36. The van der Waals surface area contributed by atoms with E-state index < -0.39 is 0 Å². The Balaban J connectivity index is 2.76. The number of benzene rings is 1. The van der Waals surface area contributed by atoms with Crippen molar-refractivity contribution in [2.45, 2.75) is 40.2 Å². The number of nitrogens with one attached hydrogen (secondary N) is 1. The third kappa shape index (κ3) is 4.17. The molecule has 0 radical (unpaired) electrons. The topological polar surface area (TPSA) is 47.3 Å². The van der Waals surface area contributed by atoms with Gasteiger partial charge in [0.15, 0.2) is 0 Å². The molecule has 0 fully saturated rings. The smallest absolute Gasteiger partial charge is 0.123 e. The van der Waals surface area contributed by atoms with Gasteiger partial charge in [0, 0.05) is 29.5 Å². The van der Waals surface area contributed by atoms with E-state index in [0.717, 1.165) is 23.5 Å². The number of nitrogen functional groups attached to an aromatic ring is 1. The summed E-state index contributed by atoms with van der Waals surface area (Å²) in [4.78, 5) is 0. The van der Waals surface area contributed by atoms with Gasteiger partial charge in [-0.3, -0.25) is 0 Å². The Bertz CT molecular complexity index is 352. The Morgan fingerprint density at radius 1 is 1.24 bits per heavy atom. The Morgan fingerprint density at radius 2 is 1.94 bits per heavy atom. The molecule has 0 amide bonds. The molecule has 3 nitrogen and oxygen atoms in total. The standard InChI is InChI=1S/C14H24N2O/c1-5-10(3)11(4)16-13-7-12(15)8-14(9-13)17-6-2/h7-11,16H,5-6,15H2,1-4H3. The summed E-state index contributed by atoms with van der Waals surface area (Å²) in [5.74, 6) is 1.46. The maximum Gasteiger partial charge on any atom is 0.123 e. The highest BCUT2D eigenvalue weighted by Crippen LogP contribution is 2.24. The SMILES string of the molecule is CCOc1cc(N)cc(NC(C)C(C)CC)c1. The first kappa shape index (κ1) is 13.7. The van der Waals surface area contributed by atoms with Crippen LogP contribution >= 0.6 is 0 Å². The second-order valence-corrected chi connectivity index (χ2v) is 4.54. The molecule has 0 saturated carbocycles. The van der Waals surface area contributed by atoms with Crippen LogP contribution in [0.3, 0.4) is 0 Å². The fourth-order valence-corrected chi connectivity index (χ4v) is 1.71. The van der Waals surface area contributed by atoms with Crippen molar-refractivity contribution in [2.75, 3.05) is 17.7 Å². The van der Waals surface area contributed by atoms with Gasteiger partial charge in [-0.2, -0.15) is 0 Å². The molecule has 1 aromatic rings. The lowest BCUT2D eigenvalue weighted by Gasteiger charge is -2.21. The van der Waals surface area contributed by atoms with E-state index in [0.29, 0.717) is 18.6 Å². The molecule has 2 atom stereocenters. The maximum atomic E-state index is 5.85. The molecule has 17 heavy (non-hydrogen) atoms. The molecular formula is C14H24N2O. The summed E-state index contributed by atoms with van der Waals surface area (Å²) in [6, 6.07) is 6.22. The Labute approximate surface area is 104 Å². The minimum atomic E-state index is 0.427. The molecule has 1 aromatic carbocycles. The number of hydrogen-bond acceptors (Lipinski definition) is 3. The molecule has 96 valence electrons. The van der Waals surface area contributed by atoms with Crippen LogP contribution in [0.1, 0.15) is 34.1 Å². The van der Waals surface area contributed by atoms with Crippen LogP contribution in [0.4, 0.5) is 11.4 Å².